The highest BCUT2D eigenvalue weighted by molar-refractivity contribution is 5.98. The molecule has 0 aromatic heterocycles. The Labute approximate surface area is 130 Å². The van der Waals surface area contributed by atoms with Gasteiger partial charge in [0.15, 0.2) is 0 Å². The zero-order valence-electron chi connectivity index (χ0n) is 13.4. The van der Waals surface area contributed by atoms with Crippen molar-refractivity contribution in [2.45, 2.75) is 13.0 Å². The van der Waals surface area contributed by atoms with Crippen LogP contribution in [0.4, 0.5) is 5.69 Å². The van der Waals surface area contributed by atoms with Crippen molar-refractivity contribution in [3.05, 3.63) is 23.8 Å². The van der Waals surface area contributed by atoms with Crippen molar-refractivity contribution in [2.75, 3.05) is 39.7 Å². The molecule has 0 radical (unpaired) electrons. The predicted octanol–water partition coefficient (Wildman–Crippen LogP) is 0.699. The van der Waals surface area contributed by atoms with Crippen LogP contribution < -0.4 is 15.8 Å². The number of nitrogens with zero attached hydrogens (tertiary/aromatic N) is 1. The van der Waals surface area contributed by atoms with E-state index in [0.717, 1.165) is 0 Å². The number of anilines is 1. The number of ether oxygens (including phenoxy) is 2. The lowest BCUT2D eigenvalue weighted by molar-refractivity contribution is -0.118. The number of nitrogens with two attached hydrogens (primary N) is 1. The molecule has 1 atom stereocenters. The van der Waals surface area contributed by atoms with Crippen molar-refractivity contribution < 1.29 is 19.1 Å². The van der Waals surface area contributed by atoms with Gasteiger partial charge in [-0.05, 0) is 25.1 Å². The average molecular weight is 309 g/mol. The molecule has 0 spiro atoms. The highest BCUT2D eigenvalue weighted by atomic mass is 16.5. The van der Waals surface area contributed by atoms with Crippen LogP contribution in [0.2, 0.25) is 0 Å². The van der Waals surface area contributed by atoms with E-state index < -0.39 is 6.04 Å². The third kappa shape index (κ3) is 4.71. The molecular weight excluding hydrogens is 286 g/mol. The second-order valence-electron chi connectivity index (χ2n) is 4.89. The maximum Gasteiger partial charge on any atom is 0.253 e. The van der Waals surface area contributed by atoms with Gasteiger partial charge in [-0.25, -0.2) is 0 Å². The third-order valence-corrected chi connectivity index (χ3v) is 2.88. The number of amides is 2. The Hall–Kier alpha value is -2.12. The number of benzene rings is 1. The minimum Gasteiger partial charge on any atom is -0.492 e. The lowest BCUT2D eigenvalue weighted by atomic mass is 10.1. The van der Waals surface area contributed by atoms with Crippen LogP contribution >= 0.6 is 0 Å². The predicted molar refractivity (Wildman–Crippen MR) is 84.1 cm³/mol. The van der Waals surface area contributed by atoms with Crippen LogP contribution in [0, 0.1) is 0 Å². The molecule has 0 fully saturated rings. The molecule has 122 valence electrons. The first-order valence-corrected chi connectivity index (χ1v) is 6.94. The van der Waals surface area contributed by atoms with E-state index in [9.17, 15) is 9.59 Å². The molecular formula is C15H23N3O4. The molecule has 0 aliphatic rings. The first kappa shape index (κ1) is 17.9. The van der Waals surface area contributed by atoms with Crippen LogP contribution in [0.25, 0.3) is 0 Å². The molecule has 1 rings (SSSR count). The standard InChI is InChI=1S/C15H23N3O4/c1-5-22-13-8-10(15(20)18(2)3)6-7-12(13)17-14(19)11(16)9-21-4/h6-8,11H,5,9,16H2,1-4H3,(H,17,19). The van der Waals surface area contributed by atoms with Gasteiger partial charge in [0.1, 0.15) is 11.8 Å². The third-order valence-electron chi connectivity index (χ3n) is 2.88. The second kappa shape index (κ2) is 8.35. The molecule has 7 heteroatoms. The summed E-state index contributed by atoms with van der Waals surface area (Å²) in [6, 6.07) is 4.08. The van der Waals surface area contributed by atoms with Gasteiger partial charge < -0.3 is 25.4 Å². The summed E-state index contributed by atoms with van der Waals surface area (Å²) in [5.41, 5.74) is 6.62. The average Bonchev–Trinajstić information content (AvgIpc) is 2.48. The van der Waals surface area contributed by atoms with Crippen molar-refractivity contribution in [2.24, 2.45) is 5.73 Å². The fourth-order valence-corrected chi connectivity index (χ4v) is 1.77. The van der Waals surface area contributed by atoms with E-state index in [-0.39, 0.29) is 18.4 Å². The summed E-state index contributed by atoms with van der Waals surface area (Å²) >= 11 is 0. The minimum atomic E-state index is -0.775. The number of carbonyl (C=O) groups excluding carboxylic acids is 2. The molecule has 22 heavy (non-hydrogen) atoms. The van der Waals surface area contributed by atoms with Gasteiger partial charge in [-0.3, -0.25) is 9.59 Å². The van der Waals surface area contributed by atoms with E-state index in [4.69, 9.17) is 15.2 Å². The second-order valence-corrected chi connectivity index (χ2v) is 4.89. The van der Waals surface area contributed by atoms with E-state index in [1.165, 1.54) is 12.0 Å². The van der Waals surface area contributed by atoms with Gasteiger partial charge in [-0.15, -0.1) is 0 Å². The Bertz CT molecular complexity index is 532. The van der Waals surface area contributed by atoms with E-state index in [1.807, 2.05) is 6.92 Å². The minimum absolute atomic E-state index is 0.118. The molecule has 1 aromatic carbocycles. The molecule has 2 amide bonds. The van der Waals surface area contributed by atoms with Gasteiger partial charge in [0.2, 0.25) is 5.91 Å². The number of hydrogen-bond donors (Lipinski definition) is 2. The van der Waals surface area contributed by atoms with E-state index in [0.29, 0.717) is 23.6 Å². The van der Waals surface area contributed by atoms with Crippen molar-refractivity contribution in [3.63, 3.8) is 0 Å². The SMILES string of the molecule is CCOc1cc(C(=O)N(C)C)ccc1NC(=O)C(N)COC. The highest BCUT2D eigenvalue weighted by Crippen LogP contribution is 2.26. The zero-order valence-corrected chi connectivity index (χ0v) is 13.4. The van der Waals surface area contributed by atoms with Crippen LogP contribution in [0.15, 0.2) is 18.2 Å². The lowest BCUT2D eigenvalue weighted by Crippen LogP contribution is -2.39. The summed E-state index contributed by atoms with van der Waals surface area (Å²) in [5.74, 6) is -0.0995. The zero-order chi connectivity index (χ0) is 16.7. The Morgan fingerprint density at radius 2 is 2.05 bits per heavy atom. The maximum atomic E-state index is 12.0. The number of hydrogen-bond acceptors (Lipinski definition) is 5. The lowest BCUT2D eigenvalue weighted by Gasteiger charge is -2.16. The van der Waals surface area contributed by atoms with Crippen molar-refractivity contribution in [1.29, 1.82) is 0 Å². The van der Waals surface area contributed by atoms with Crippen LogP contribution in [0.1, 0.15) is 17.3 Å². The summed E-state index contributed by atoms with van der Waals surface area (Å²) < 4.78 is 10.3. The number of methoxy groups -OCH3 is 1. The van der Waals surface area contributed by atoms with E-state index in [2.05, 4.69) is 5.32 Å². The first-order chi connectivity index (χ1) is 10.4. The number of carbonyl (C=O) groups is 2. The van der Waals surface area contributed by atoms with Crippen LogP contribution in [0.5, 0.6) is 5.75 Å². The molecule has 0 heterocycles. The largest absolute Gasteiger partial charge is 0.492 e. The van der Waals surface area contributed by atoms with Gasteiger partial charge in [0.25, 0.3) is 5.91 Å². The van der Waals surface area contributed by atoms with Crippen LogP contribution in [-0.2, 0) is 9.53 Å². The number of rotatable bonds is 7. The highest BCUT2D eigenvalue weighted by Gasteiger charge is 2.17. The summed E-state index contributed by atoms with van der Waals surface area (Å²) in [4.78, 5) is 25.4. The van der Waals surface area contributed by atoms with Gasteiger partial charge in [0, 0.05) is 26.8 Å². The first-order valence-electron chi connectivity index (χ1n) is 6.94. The molecule has 0 aliphatic heterocycles. The Balaban J connectivity index is 2.99. The van der Waals surface area contributed by atoms with Crippen molar-refractivity contribution in [1.82, 2.24) is 4.90 Å². The Morgan fingerprint density at radius 3 is 2.59 bits per heavy atom. The number of nitrogens with one attached hydrogen (secondary N) is 1. The Kier molecular flexibility index (Phi) is 6.81. The summed E-state index contributed by atoms with van der Waals surface area (Å²) in [6.07, 6.45) is 0. The fraction of sp³-hybridized carbons (Fsp3) is 0.467. The molecule has 3 N–H and O–H groups in total. The molecule has 0 saturated carbocycles. The van der Waals surface area contributed by atoms with Gasteiger partial charge in [0.05, 0.1) is 18.9 Å². The van der Waals surface area contributed by atoms with Crippen LogP contribution in [0.3, 0.4) is 0 Å². The quantitative estimate of drug-likeness (QED) is 0.773. The topological polar surface area (TPSA) is 93.9 Å². The summed E-state index contributed by atoms with van der Waals surface area (Å²) in [5, 5.41) is 2.68. The maximum absolute atomic E-state index is 12.0. The summed E-state index contributed by atoms with van der Waals surface area (Å²) in [7, 11) is 4.81. The van der Waals surface area contributed by atoms with Crippen molar-refractivity contribution in [3.8, 4) is 5.75 Å². The van der Waals surface area contributed by atoms with Crippen molar-refractivity contribution >= 4 is 17.5 Å². The monoisotopic (exact) mass is 309 g/mol. The molecule has 0 bridgehead atoms. The molecule has 1 unspecified atom stereocenters. The van der Waals surface area contributed by atoms with Crippen LogP contribution in [-0.4, -0.2) is 57.2 Å². The molecule has 0 aliphatic carbocycles. The molecule has 7 nitrogen and oxygen atoms in total. The van der Waals surface area contributed by atoms with E-state index in [1.54, 1.807) is 32.3 Å². The Morgan fingerprint density at radius 1 is 1.36 bits per heavy atom. The smallest absolute Gasteiger partial charge is 0.253 e. The van der Waals surface area contributed by atoms with E-state index >= 15 is 0 Å². The fourth-order valence-electron chi connectivity index (χ4n) is 1.77. The van der Waals surface area contributed by atoms with Gasteiger partial charge >= 0.3 is 0 Å². The molecule has 0 saturated heterocycles. The summed E-state index contributed by atoms with van der Waals surface area (Å²) in [6.45, 7) is 2.35. The van der Waals surface area contributed by atoms with Gasteiger partial charge in [-0.1, -0.05) is 0 Å². The molecule has 1 aromatic rings. The normalized spacial score (nSPS) is 11.7. The van der Waals surface area contributed by atoms with Gasteiger partial charge in [-0.2, -0.15) is 0 Å².